The van der Waals surface area contributed by atoms with Crippen LogP contribution in [0.3, 0.4) is 0 Å². The van der Waals surface area contributed by atoms with Gasteiger partial charge in [-0.15, -0.1) is 0 Å². The van der Waals surface area contributed by atoms with Crippen molar-refractivity contribution in [3.63, 3.8) is 0 Å². The van der Waals surface area contributed by atoms with Crippen LogP contribution in [0.25, 0.3) is 0 Å². The highest BCUT2D eigenvalue weighted by Gasteiger charge is 2.22. The van der Waals surface area contributed by atoms with Crippen LogP contribution in [0.2, 0.25) is 5.02 Å². The number of amides is 2. The number of hydrogen-bond donors (Lipinski definition) is 2. The van der Waals surface area contributed by atoms with Gasteiger partial charge in [-0.05, 0) is 70.3 Å². The predicted octanol–water partition coefficient (Wildman–Crippen LogP) is 2.82. The molecule has 6 heteroatoms. The molecule has 0 radical (unpaired) electrons. The third kappa shape index (κ3) is 5.21. The van der Waals surface area contributed by atoms with E-state index < -0.39 is 11.8 Å². The molecule has 2 rings (SSSR count). The molecule has 132 valence electrons. The molecule has 0 aliphatic carbocycles. The lowest BCUT2D eigenvalue weighted by Crippen LogP contribution is -2.43. The molecule has 1 fully saturated rings. The highest BCUT2D eigenvalue weighted by atomic mass is 35.5. The number of piperidine rings is 1. The van der Waals surface area contributed by atoms with Crippen LogP contribution in [-0.2, 0) is 9.59 Å². The number of anilines is 1. The van der Waals surface area contributed by atoms with Crippen molar-refractivity contribution in [3.05, 3.63) is 28.8 Å². The van der Waals surface area contributed by atoms with Gasteiger partial charge in [-0.1, -0.05) is 17.7 Å². The van der Waals surface area contributed by atoms with Gasteiger partial charge in [-0.2, -0.15) is 0 Å². The summed E-state index contributed by atoms with van der Waals surface area (Å²) in [7, 11) is 0. The lowest BCUT2D eigenvalue weighted by molar-refractivity contribution is -0.136. The van der Waals surface area contributed by atoms with Crippen LogP contribution in [0.1, 0.15) is 32.3 Å². The largest absolute Gasteiger partial charge is 0.348 e. The molecule has 0 bridgehead atoms. The molecule has 24 heavy (non-hydrogen) atoms. The van der Waals surface area contributed by atoms with Gasteiger partial charge in [0.05, 0.1) is 0 Å². The number of likely N-dealkylation sites (tertiary alicyclic amines) is 1. The summed E-state index contributed by atoms with van der Waals surface area (Å²) in [5, 5.41) is 5.89. The summed E-state index contributed by atoms with van der Waals surface area (Å²) in [6.07, 6.45) is 2.10. The standard InChI is InChI=1S/C18H26ClN3O2/c1-12(2)22-8-6-14(7-9-22)11-20-17(23)18(24)21-16-10-15(19)5-4-13(16)3/h4-5,10,12,14H,6-9,11H2,1-3H3,(H,20,23)(H,21,24). The first-order chi connectivity index (χ1) is 11.4. The monoisotopic (exact) mass is 351 g/mol. The third-order valence-corrected chi connectivity index (χ3v) is 4.82. The maximum Gasteiger partial charge on any atom is 0.313 e. The third-order valence-electron chi connectivity index (χ3n) is 4.58. The van der Waals surface area contributed by atoms with E-state index in [0.29, 0.717) is 29.2 Å². The maximum absolute atomic E-state index is 12.0. The molecule has 1 heterocycles. The van der Waals surface area contributed by atoms with Gasteiger partial charge in [-0.25, -0.2) is 0 Å². The Hall–Kier alpha value is -1.59. The zero-order valence-electron chi connectivity index (χ0n) is 14.6. The summed E-state index contributed by atoms with van der Waals surface area (Å²) in [6, 6.07) is 5.75. The number of carbonyl (C=O) groups excluding carboxylic acids is 2. The zero-order chi connectivity index (χ0) is 17.7. The Labute approximate surface area is 148 Å². The molecule has 0 unspecified atom stereocenters. The minimum atomic E-state index is -0.653. The zero-order valence-corrected chi connectivity index (χ0v) is 15.3. The lowest BCUT2D eigenvalue weighted by atomic mass is 9.96. The van der Waals surface area contributed by atoms with Crippen molar-refractivity contribution in [1.29, 1.82) is 0 Å². The highest BCUT2D eigenvalue weighted by Crippen LogP contribution is 2.20. The molecule has 1 aromatic carbocycles. The quantitative estimate of drug-likeness (QED) is 0.820. The Morgan fingerprint density at radius 1 is 1.25 bits per heavy atom. The first-order valence-corrected chi connectivity index (χ1v) is 8.84. The molecule has 5 nitrogen and oxygen atoms in total. The fraction of sp³-hybridized carbons (Fsp3) is 0.556. The Bertz CT molecular complexity index is 596. The average Bonchev–Trinajstić information content (AvgIpc) is 2.56. The van der Waals surface area contributed by atoms with Crippen molar-refractivity contribution in [2.45, 2.75) is 39.7 Å². The number of carbonyl (C=O) groups is 2. The summed E-state index contributed by atoms with van der Waals surface area (Å²) in [6.45, 7) is 8.89. The number of hydrogen-bond acceptors (Lipinski definition) is 3. The normalized spacial score (nSPS) is 16.2. The second kappa shape index (κ2) is 8.49. The molecule has 0 aromatic heterocycles. The van der Waals surface area contributed by atoms with E-state index >= 15 is 0 Å². The molecule has 1 aliphatic rings. The Morgan fingerprint density at radius 3 is 2.54 bits per heavy atom. The van der Waals surface area contributed by atoms with Crippen molar-refractivity contribution in [3.8, 4) is 0 Å². The van der Waals surface area contributed by atoms with E-state index in [4.69, 9.17) is 11.6 Å². The fourth-order valence-electron chi connectivity index (χ4n) is 2.90. The second-order valence-electron chi connectivity index (χ2n) is 6.70. The summed E-state index contributed by atoms with van der Waals surface area (Å²) < 4.78 is 0. The number of halogens is 1. The molecule has 1 saturated heterocycles. The number of benzene rings is 1. The molecule has 1 aromatic rings. The summed E-state index contributed by atoms with van der Waals surface area (Å²) >= 11 is 5.92. The topological polar surface area (TPSA) is 61.4 Å². The number of nitrogens with one attached hydrogen (secondary N) is 2. The SMILES string of the molecule is Cc1ccc(Cl)cc1NC(=O)C(=O)NCC1CCN(C(C)C)CC1. The van der Waals surface area contributed by atoms with Crippen LogP contribution in [0, 0.1) is 12.8 Å². The first-order valence-electron chi connectivity index (χ1n) is 8.46. The lowest BCUT2D eigenvalue weighted by Gasteiger charge is -2.34. The van der Waals surface area contributed by atoms with Gasteiger partial charge < -0.3 is 15.5 Å². The van der Waals surface area contributed by atoms with E-state index in [1.54, 1.807) is 18.2 Å². The van der Waals surface area contributed by atoms with E-state index in [9.17, 15) is 9.59 Å². The summed E-state index contributed by atoms with van der Waals surface area (Å²) in [5.41, 5.74) is 1.43. The van der Waals surface area contributed by atoms with E-state index in [1.165, 1.54) is 0 Å². The van der Waals surface area contributed by atoms with Crippen LogP contribution in [0.15, 0.2) is 18.2 Å². The Kier molecular flexibility index (Phi) is 6.63. The van der Waals surface area contributed by atoms with Gasteiger partial charge >= 0.3 is 11.8 Å². The Balaban J connectivity index is 1.78. The minimum Gasteiger partial charge on any atom is -0.348 e. The second-order valence-corrected chi connectivity index (χ2v) is 7.13. The predicted molar refractivity (Wildman–Crippen MR) is 97.3 cm³/mol. The van der Waals surface area contributed by atoms with Gasteiger partial charge in [0.1, 0.15) is 0 Å². The van der Waals surface area contributed by atoms with E-state index in [1.807, 2.05) is 6.92 Å². The van der Waals surface area contributed by atoms with Gasteiger partial charge in [0.2, 0.25) is 0 Å². The average molecular weight is 352 g/mol. The van der Waals surface area contributed by atoms with Crippen LogP contribution >= 0.6 is 11.6 Å². The van der Waals surface area contributed by atoms with E-state index in [0.717, 1.165) is 31.5 Å². The van der Waals surface area contributed by atoms with Crippen molar-refractivity contribution in [2.24, 2.45) is 5.92 Å². The van der Waals surface area contributed by atoms with Gasteiger partial charge in [0.25, 0.3) is 0 Å². The number of nitrogens with zero attached hydrogens (tertiary/aromatic N) is 1. The molecule has 2 N–H and O–H groups in total. The minimum absolute atomic E-state index is 0.435. The van der Waals surface area contributed by atoms with Crippen LogP contribution < -0.4 is 10.6 Å². The van der Waals surface area contributed by atoms with E-state index in [-0.39, 0.29) is 0 Å². The van der Waals surface area contributed by atoms with Crippen molar-refractivity contribution in [1.82, 2.24) is 10.2 Å². The van der Waals surface area contributed by atoms with E-state index in [2.05, 4.69) is 29.4 Å². The summed E-state index contributed by atoms with van der Waals surface area (Å²) in [4.78, 5) is 26.4. The Morgan fingerprint density at radius 2 is 1.92 bits per heavy atom. The van der Waals surface area contributed by atoms with Crippen molar-refractivity contribution < 1.29 is 9.59 Å². The smallest absolute Gasteiger partial charge is 0.313 e. The van der Waals surface area contributed by atoms with Crippen LogP contribution in [-0.4, -0.2) is 42.4 Å². The van der Waals surface area contributed by atoms with Crippen LogP contribution in [0.5, 0.6) is 0 Å². The van der Waals surface area contributed by atoms with Gasteiger partial charge in [0.15, 0.2) is 0 Å². The summed E-state index contributed by atoms with van der Waals surface area (Å²) in [5.74, 6) is -0.815. The maximum atomic E-state index is 12.0. The molecular formula is C18H26ClN3O2. The molecule has 2 amide bonds. The van der Waals surface area contributed by atoms with Crippen LogP contribution in [0.4, 0.5) is 5.69 Å². The van der Waals surface area contributed by atoms with Gasteiger partial charge in [0, 0.05) is 23.3 Å². The molecule has 0 saturated carbocycles. The molecule has 0 atom stereocenters. The molecule has 1 aliphatic heterocycles. The molecule has 0 spiro atoms. The molecular weight excluding hydrogens is 326 g/mol. The number of aryl methyl sites for hydroxylation is 1. The van der Waals surface area contributed by atoms with Gasteiger partial charge in [-0.3, -0.25) is 9.59 Å². The van der Waals surface area contributed by atoms with Crippen molar-refractivity contribution in [2.75, 3.05) is 25.0 Å². The number of rotatable bonds is 4. The first kappa shape index (κ1) is 18.7. The fourth-order valence-corrected chi connectivity index (χ4v) is 3.07. The van der Waals surface area contributed by atoms with Crippen molar-refractivity contribution >= 4 is 29.1 Å². The highest BCUT2D eigenvalue weighted by molar-refractivity contribution is 6.40.